The molecule has 0 saturated carbocycles. The Balaban J connectivity index is 1.99. The third-order valence-electron chi connectivity index (χ3n) is 3.51. The van der Waals surface area contributed by atoms with E-state index in [4.69, 9.17) is 5.26 Å². The molecule has 7 heteroatoms. The topological polar surface area (TPSA) is 90.3 Å². The highest BCUT2D eigenvalue weighted by atomic mass is 32.2. The lowest BCUT2D eigenvalue weighted by Gasteiger charge is -2.22. The third kappa shape index (κ3) is 5.62. The Morgan fingerprint density at radius 2 is 1.88 bits per heavy atom. The number of sulfonamides is 1. The molecule has 0 bridgehead atoms. The van der Waals surface area contributed by atoms with Crippen LogP contribution in [0.15, 0.2) is 54.6 Å². The molecule has 0 aliphatic heterocycles. The third-order valence-corrected chi connectivity index (χ3v) is 4.70. The zero-order valence-corrected chi connectivity index (χ0v) is 14.7. The van der Waals surface area contributed by atoms with E-state index in [1.54, 1.807) is 18.2 Å². The van der Waals surface area contributed by atoms with Crippen LogP contribution in [0.2, 0.25) is 0 Å². The molecule has 0 heterocycles. The van der Waals surface area contributed by atoms with Gasteiger partial charge in [0.25, 0.3) is 0 Å². The Morgan fingerprint density at radius 3 is 2.52 bits per heavy atom. The first-order valence-corrected chi connectivity index (χ1v) is 9.53. The molecule has 0 aliphatic carbocycles. The quantitative estimate of drug-likeness (QED) is 0.816. The van der Waals surface area contributed by atoms with E-state index < -0.39 is 10.0 Å². The van der Waals surface area contributed by atoms with E-state index in [1.165, 1.54) is 10.4 Å². The van der Waals surface area contributed by atoms with E-state index in [9.17, 15) is 13.2 Å². The van der Waals surface area contributed by atoms with Gasteiger partial charge in [-0.05, 0) is 23.8 Å². The second-order valence-electron chi connectivity index (χ2n) is 5.51. The van der Waals surface area contributed by atoms with Crippen LogP contribution in [0.25, 0.3) is 0 Å². The molecule has 0 aliphatic rings. The Kier molecular flexibility index (Phi) is 6.14. The molecule has 0 saturated heterocycles. The molecule has 1 amide bonds. The molecule has 2 aromatic rings. The Labute approximate surface area is 147 Å². The minimum absolute atomic E-state index is 0.0915. The van der Waals surface area contributed by atoms with Gasteiger partial charge in [0.1, 0.15) is 0 Å². The highest BCUT2D eigenvalue weighted by Crippen LogP contribution is 2.18. The van der Waals surface area contributed by atoms with Crippen molar-refractivity contribution in [2.24, 2.45) is 0 Å². The van der Waals surface area contributed by atoms with Gasteiger partial charge in [-0.2, -0.15) is 5.26 Å². The van der Waals surface area contributed by atoms with Crippen molar-refractivity contribution in [3.05, 3.63) is 65.7 Å². The predicted molar refractivity (Wildman–Crippen MR) is 96.5 cm³/mol. The lowest BCUT2D eigenvalue weighted by molar-refractivity contribution is -0.120. The number of nitrogens with zero attached hydrogens (tertiary/aromatic N) is 2. The van der Waals surface area contributed by atoms with Crippen LogP contribution >= 0.6 is 0 Å². The van der Waals surface area contributed by atoms with Crippen molar-refractivity contribution in [1.29, 1.82) is 5.26 Å². The molecule has 0 atom stereocenters. The molecular formula is C18H19N3O3S. The number of anilines is 1. The first kappa shape index (κ1) is 18.5. The van der Waals surface area contributed by atoms with Gasteiger partial charge in [0.15, 0.2) is 0 Å². The summed E-state index contributed by atoms with van der Waals surface area (Å²) in [6.45, 7) is 0.268. The largest absolute Gasteiger partial charge is 0.354 e. The van der Waals surface area contributed by atoms with Crippen LogP contribution < -0.4 is 9.62 Å². The first-order chi connectivity index (χ1) is 11.9. The van der Waals surface area contributed by atoms with Gasteiger partial charge in [-0.25, -0.2) is 8.42 Å². The number of carbonyl (C=O) groups is 1. The fraction of sp³-hybridized carbons (Fsp3) is 0.222. The van der Waals surface area contributed by atoms with E-state index >= 15 is 0 Å². The summed E-state index contributed by atoms with van der Waals surface area (Å²) >= 11 is 0. The van der Waals surface area contributed by atoms with Crippen LogP contribution in [0, 0.1) is 11.3 Å². The maximum Gasteiger partial charge on any atom is 0.232 e. The number of nitriles is 1. The van der Waals surface area contributed by atoms with Gasteiger partial charge < -0.3 is 5.32 Å². The molecule has 0 aromatic heterocycles. The van der Waals surface area contributed by atoms with Crippen molar-refractivity contribution in [2.45, 2.75) is 6.42 Å². The van der Waals surface area contributed by atoms with Crippen LogP contribution in [-0.2, 0) is 21.2 Å². The Morgan fingerprint density at radius 1 is 1.16 bits per heavy atom. The maximum absolute atomic E-state index is 12.0. The monoisotopic (exact) mass is 357 g/mol. The number of carbonyl (C=O) groups excluding carboxylic acids is 1. The summed E-state index contributed by atoms with van der Waals surface area (Å²) in [7, 11) is -3.53. The smallest absolute Gasteiger partial charge is 0.232 e. The summed E-state index contributed by atoms with van der Waals surface area (Å²) in [6.07, 6.45) is 1.33. The second-order valence-corrected chi connectivity index (χ2v) is 7.42. The molecule has 0 fully saturated rings. The molecule has 0 radical (unpaired) electrons. The van der Waals surface area contributed by atoms with E-state index in [-0.39, 0.29) is 25.4 Å². The molecule has 25 heavy (non-hydrogen) atoms. The van der Waals surface area contributed by atoms with E-state index in [2.05, 4.69) is 5.32 Å². The van der Waals surface area contributed by atoms with E-state index in [1.807, 2.05) is 36.4 Å². The van der Waals surface area contributed by atoms with Crippen molar-refractivity contribution >= 4 is 21.6 Å². The summed E-state index contributed by atoms with van der Waals surface area (Å²) in [4.78, 5) is 12.0. The van der Waals surface area contributed by atoms with Crippen molar-refractivity contribution in [1.82, 2.24) is 5.32 Å². The molecular weight excluding hydrogens is 338 g/mol. The molecule has 130 valence electrons. The number of hydrogen-bond acceptors (Lipinski definition) is 4. The molecule has 6 nitrogen and oxygen atoms in total. The van der Waals surface area contributed by atoms with Gasteiger partial charge in [-0.1, -0.05) is 36.4 Å². The molecule has 2 aromatic carbocycles. The minimum Gasteiger partial charge on any atom is -0.354 e. The fourth-order valence-corrected chi connectivity index (χ4v) is 3.28. The molecule has 2 rings (SSSR count). The van der Waals surface area contributed by atoms with Gasteiger partial charge in [-0.3, -0.25) is 9.10 Å². The van der Waals surface area contributed by atoms with Crippen molar-refractivity contribution in [3.63, 3.8) is 0 Å². The number of benzene rings is 2. The van der Waals surface area contributed by atoms with E-state index in [0.717, 1.165) is 11.8 Å². The number of hydrogen-bond donors (Lipinski definition) is 1. The molecule has 0 spiro atoms. The van der Waals surface area contributed by atoms with Gasteiger partial charge in [-0.15, -0.1) is 0 Å². The molecule has 0 unspecified atom stereocenters. The zero-order chi connectivity index (χ0) is 18.3. The number of amides is 1. The van der Waals surface area contributed by atoms with Gasteiger partial charge in [0, 0.05) is 6.54 Å². The highest BCUT2D eigenvalue weighted by molar-refractivity contribution is 7.92. The fourth-order valence-electron chi connectivity index (χ4n) is 2.36. The average Bonchev–Trinajstić information content (AvgIpc) is 2.58. The SMILES string of the molecule is CS(=O)(=O)N(CCNC(=O)Cc1ccccc1)c1cccc(C#N)c1. The lowest BCUT2D eigenvalue weighted by atomic mass is 10.1. The standard InChI is InChI=1S/C18H19N3O3S/c1-25(23,24)21(17-9-5-8-16(12-17)14-19)11-10-20-18(22)13-15-6-3-2-4-7-15/h2-9,12H,10-11,13H2,1H3,(H,20,22). The van der Waals surface area contributed by atoms with Crippen LogP contribution in [0.4, 0.5) is 5.69 Å². The van der Waals surface area contributed by atoms with Gasteiger partial charge >= 0.3 is 0 Å². The Hall–Kier alpha value is -2.85. The first-order valence-electron chi connectivity index (χ1n) is 7.68. The van der Waals surface area contributed by atoms with Gasteiger partial charge in [0.2, 0.25) is 15.9 Å². The van der Waals surface area contributed by atoms with Crippen LogP contribution in [0.3, 0.4) is 0 Å². The minimum atomic E-state index is -3.53. The highest BCUT2D eigenvalue weighted by Gasteiger charge is 2.17. The van der Waals surface area contributed by atoms with Crippen molar-refractivity contribution < 1.29 is 13.2 Å². The summed E-state index contributed by atoms with van der Waals surface area (Å²) in [5.74, 6) is -0.176. The van der Waals surface area contributed by atoms with Crippen molar-refractivity contribution in [3.8, 4) is 6.07 Å². The van der Waals surface area contributed by atoms with Crippen molar-refractivity contribution in [2.75, 3.05) is 23.7 Å². The number of nitrogens with one attached hydrogen (secondary N) is 1. The van der Waals surface area contributed by atoms with Crippen LogP contribution in [0.5, 0.6) is 0 Å². The normalized spacial score (nSPS) is 10.7. The number of rotatable bonds is 7. The summed E-state index contributed by atoms with van der Waals surface area (Å²) in [5.41, 5.74) is 1.67. The summed E-state index contributed by atoms with van der Waals surface area (Å²) in [5, 5.41) is 11.7. The average molecular weight is 357 g/mol. The molecule has 1 N–H and O–H groups in total. The van der Waals surface area contributed by atoms with Gasteiger partial charge in [0.05, 0.1) is 36.5 Å². The lowest BCUT2D eigenvalue weighted by Crippen LogP contribution is -2.38. The van der Waals surface area contributed by atoms with Crippen LogP contribution in [0.1, 0.15) is 11.1 Å². The maximum atomic E-state index is 12.0. The van der Waals surface area contributed by atoms with E-state index in [0.29, 0.717) is 11.3 Å². The van der Waals surface area contributed by atoms with Crippen LogP contribution in [-0.4, -0.2) is 33.7 Å². The Bertz CT molecular complexity index is 874. The second kappa shape index (κ2) is 8.31. The predicted octanol–water partition coefficient (Wildman–Crippen LogP) is 1.68. The zero-order valence-electron chi connectivity index (χ0n) is 13.8. The summed E-state index contributed by atoms with van der Waals surface area (Å²) < 4.78 is 25.2. The summed E-state index contributed by atoms with van der Waals surface area (Å²) in [6, 6.07) is 17.6.